The molecule has 0 spiro atoms. The van der Waals surface area contributed by atoms with Crippen molar-refractivity contribution in [3.63, 3.8) is 0 Å². The van der Waals surface area contributed by atoms with Gasteiger partial charge in [0.2, 0.25) is 0 Å². The Morgan fingerprint density at radius 1 is 0.905 bits per heavy atom. The van der Waals surface area contributed by atoms with E-state index in [1.807, 2.05) is 0 Å². The van der Waals surface area contributed by atoms with E-state index in [1.54, 1.807) is 0 Å². The van der Waals surface area contributed by atoms with E-state index in [1.165, 1.54) is 77.8 Å². The normalized spacial score (nSPS) is 24.0. The summed E-state index contributed by atoms with van der Waals surface area (Å²) in [6.07, 6.45) is 8.11. The standard InChI is InChI=1S/C18H37N3/c1-4-5-10-20-11-6-17(7-12-20)19-18-8-13-21(14-9-18)15-16(2)3/h16-19H,4-15H2,1-3H3. The monoisotopic (exact) mass is 295 g/mol. The van der Waals surface area contributed by atoms with Crippen LogP contribution in [0.2, 0.25) is 0 Å². The fraction of sp³-hybridized carbons (Fsp3) is 1.00. The minimum atomic E-state index is 0.778. The van der Waals surface area contributed by atoms with Gasteiger partial charge in [-0.1, -0.05) is 27.2 Å². The molecule has 0 aromatic heterocycles. The Bertz CT molecular complexity index is 264. The Hall–Kier alpha value is -0.120. The molecule has 3 nitrogen and oxygen atoms in total. The molecule has 2 rings (SSSR count). The summed E-state index contributed by atoms with van der Waals surface area (Å²) in [5, 5.41) is 3.95. The predicted molar refractivity (Wildman–Crippen MR) is 91.8 cm³/mol. The van der Waals surface area contributed by atoms with Crippen molar-refractivity contribution in [2.24, 2.45) is 5.92 Å². The summed E-state index contributed by atoms with van der Waals surface area (Å²) in [4.78, 5) is 5.31. The number of rotatable bonds is 7. The topological polar surface area (TPSA) is 18.5 Å². The van der Waals surface area contributed by atoms with Crippen LogP contribution in [-0.4, -0.2) is 61.2 Å². The SMILES string of the molecule is CCCCN1CCC(NC2CCN(CC(C)C)CC2)CC1. The third kappa shape index (κ3) is 6.25. The van der Waals surface area contributed by atoms with Crippen LogP contribution in [0.5, 0.6) is 0 Å². The van der Waals surface area contributed by atoms with Crippen LogP contribution in [0.25, 0.3) is 0 Å². The molecule has 0 radical (unpaired) electrons. The third-order valence-electron chi connectivity index (χ3n) is 5.10. The molecular formula is C18H37N3. The van der Waals surface area contributed by atoms with Crippen LogP contribution in [-0.2, 0) is 0 Å². The van der Waals surface area contributed by atoms with Gasteiger partial charge in [0, 0.05) is 18.6 Å². The number of piperidine rings is 2. The minimum absolute atomic E-state index is 0.778. The average Bonchev–Trinajstić information content (AvgIpc) is 2.48. The molecule has 0 bridgehead atoms. The lowest BCUT2D eigenvalue weighted by Crippen LogP contribution is -2.50. The molecule has 1 N–H and O–H groups in total. The first-order chi connectivity index (χ1) is 10.2. The quantitative estimate of drug-likeness (QED) is 0.779. The van der Waals surface area contributed by atoms with Crippen LogP contribution in [0.3, 0.4) is 0 Å². The zero-order valence-electron chi connectivity index (χ0n) is 14.6. The van der Waals surface area contributed by atoms with Crippen LogP contribution in [0.1, 0.15) is 59.3 Å². The number of unbranched alkanes of at least 4 members (excludes halogenated alkanes) is 1. The van der Waals surface area contributed by atoms with E-state index in [4.69, 9.17) is 0 Å². The molecule has 0 saturated carbocycles. The molecular weight excluding hydrogens is 258 g/mol. The van der Waals surface area contributed by atoms with Gasteiger partial charge in [-0.25, -0.2) is 0 Å². The fourth-order valence-corrected chi connectivity index (χ4v) is 3.84. The fourth-order valence-electron chi connectivity index (χ4n) is 3.84. The van der Waals surface area contributed by atoms with Crippen molar-refractivity contribution in [3.05, 3.63) is 0 Å². The Balaban J connectivity index is 1.59. The summed E-state index contributed by atoms with van der Waals surface area (Å²) in [5.41, 5.74) is 0. The lowest BCUT2D eigenvalue weighted by molar-refractivity contribution is 0.151. The van der Waals surface area contributed by atoms with Crippen LogP contribution < -0.4 is 5.32 Å². The summed E-state index contributed by atoms with van der Waals surface area (Å²) in [6.45, 7) is 14.8. The van der Waals surface area contributed by atoms with E-state index < -0.39 is 0 Å². The van der Waals surface area contributed by atoms with Crippen molar-refractivity contribution in [1.29, 1.82) is 0 Å². The number of hydrogen-bond acceptors (Lipinski definition) is 3. The van der Waals surface area contributed by atoms with Crippen LogP contribution >= 0.6 is 0 Å². The smallest absolute Gasteiger partial charge is 0.00940 e. The molecule has 2 heterocycles. The summed E-state index contributed by atoms with van der Waals surface area (Å²) >= 11 is 0. The molecule has 0 atom stereocenters. The van der Waals surface area contributed by atoms with E-state index in [0.717, 1.165) is 18.0 Å². The second-order valence-corrected chi connectivity index (χ2v) is 7.60. The lowest BCUT2D eigenvalue weighted by Gasteiger charge is -2.38. The maximum absolute atomic E-state index is 3.95. The highest BCUT2D eigenvalue weighted by atomic mass is 15.2. The maximum Gasteiger partial charge on any atom is 0.00940 e. The van der Waals surface area contributed by atoms with Crippen LogP contribution in [0.15, 0.2) is 0 Å². The lowest BCUT2D eigenvalue weighted by atomic mass is 9.99. The molecule has 0 aromatic rings. The first kappa shape index (κ1) is 17.2. The van der Waals surface area contributed by atoms with E-state index in [0.29, 0.717) is 0 Å². The van der Waals surface area contributed by atoms with Crippen molar-refractivity contribution < 1.29 is 0 Å². The second-order valence-electron chi connectivity index (χ2n) is 7.60. The molecule has 2 aliphatic heterocycles. The molecule has 2 fully saturated rings. The van der Waals surface area contributed by atoms with Gasteiger partial charge in [-0.05, 0) is 70.7 Å². The third-order valence-corrected chi connectivity index (χ3v) is 5.10. The Labute approximate surface area is 132 Å². The predicted octanol–water partition coefficient (Wildman–Crippen LogP) is 2.96. The van der Waals surface area contributed by atoms with Gasteiger partial charge in [-0.3, -0.25) is 0 Å². The molecule has 0 aromatic carbocycles. The maximum atomic E-state index is 3.95. The van der Waals surface area contributed by atoms with E-state index >= 15 is 0 Å². The summed E-state index contributed by atoms with van der Waals surface area (Å²) in [6, 6.07) is 1.56. The number of nitrogens with zero attached hydrogens (tertiary/aromatic N) is 2. The molecule has 2 aliphatic rings. The van der Waals surface area contributed by atoms with E-state index in [9.17, 15) is 0 Å². The van der Waals surface area contributed by atoms with E-state index in [-0.39, 0.29) is 0 Å². The van der Waals surface area contributed by atoms with E-state index in [2.05, 4.69) is 35.9 Å². The minimum Gasteiger partial charge on any atom is -0.311 e. The molecule has 0 amide bonds. The molecule has 3 heteroatoms. The Kier molecular flexibility index (Phi) is 7.48. The Morgan fingerprint density at radius 3 is 1.90 bits per heavy atom. The molecule has 0 unspecified atom stereocenters. The van der Waals surface area contributed by atoms with Crippen molar-refractivity contribution >= 4 is 0 Å². The molecule has 0 aliphatic carbocycles. The average molecular weight is 296 g/mol. The zero-order chi connectivity index (χ0) is 15.1. The van der Waals surface area contributed by atoms with Gasteiger partial charge in [0.1, 0.15) is 0 Å². The van der Waals surface area contributed by atoms with Gasteiger partial charge in [0.25, 0.3) is 0 Å². The highest BCUT2D eigenvalue weighted by Crippen LogP contribution is 2.16. The number of nitrogens with one attached hydrogen (secondary N) is 1. The van der Waals surface area contributed by atoms with Crippen LogP contribution in [0, 0.1) is 5.92 Å². The van der Waals surface area contributed by atoms with Crippen molar-refractivity contribution in [2.75, 3.05) is 39.3 Å². The van der Waals surface area contributed by atoms with Gasteiger partial charge >= 0.3 is 0 Å². The van der Waals surface area contributed by atoms with Crippen molar-refractivity contribution in [2.45, 2.75) is 71.4 Å². The summed E-state index contributed by atoms with van der Waals surface area (Å²) in [7, 11) is 0. The first-order valence-electron chi connectivity index (χ1n) is 9.38. The molecule has 21 heavy (non-hydrogen) atoms. The van der Waals surface area contributed by atoms with Crippen molar-refractivity contribution in [1.82, 2.24) is 15.1 Å². The highest BCUT2D eigenvalue weighted by Gasteiger charge is 2.24. The summed E-state index contributed by atoms with van der Waals surface area (Å²) < 4.78 is 0. The summed E-state index contributed by atoms with van der Waals surface area (Å²) in [5.74, 6) is 0.807. The zero-order valence-corrected chi connectivity index (χ0v) is 14.6. The molecule has 124 valence electrons. The van der Waals surface area contributed by atoms with Crippen molar-refractivity contribution in [3.8, 4) is 0 Å². The number of hydrogen-bond donors (Lipinski definition) is 1. The largest absolute Gasteiger partial charge is 0.311 e. The highest BCUT2D eigenvalue weighted by molar-refractivity contribution is 4.84. The van der Waals surface area contributed by atoms with Gasteiger partial charge < -0.3 is 15.1 Å². The van der Waals surface area contributed by atoms with Gasteiger partial charge in [-0.2, -0.15) is 0 Å². The first-order valence-corrected chi connectivity index (χ1v) is 9.38. The van der Waals surface area contributed by atoms with Gasteiger partial charge in [-0.15, -0.1) is 0 Å². The molecule has 2 saturated heterocycles. The van der Waals surface area contributed by atoms with Gasteiger partial charge in [0.15, 0.2) is 0 Å². The van der Waals surface area contributed by atoms with Crippen LogP contribution in [0.4, 0.5) is 0 Å². The van der Waals surface area contributed by atoms with Gasteiger partial charge in [0.05, 0.1) is 0 Å². The Morgan fingerprint density at radius 2 is 1.43 bits per heavy atom. The number of likely N-dealkylation sites (tertiary alicyclic amines) is 2. The second kappa shape index (κ2) is 9.12.